The van der Waals surface area contributed by atoms with Crippen LogP contribution in [0.3, 0.4) is 0 Å². The highest BCUT2D eigenvalue weighted by Gasteiger charge is 2.49. The number of rotatable bonds is 7. The van der Waals surface area contributed by atoms with Gasteiger partial charge in [0.1, 0.15) is 23.2 Å². The monoisotopic (exact) mass is 440 g/mol. The van der Waals surface area contributed by atoms with Crippen LogP contribution >= 0.6 is 0 Å². The summed E-state index contributed by atoms with van der Waals surface area (Å²) in [5.41, 5.74) is 3.85. The first-order valence-corrected chi connectivity index (χ1v) is 9.28. The Hall–Kier alpha value is -3.24. The first-order chi connectivity index (χ1) is 14.7. The van der Waals surface area contributed by atoms with Crippen LogP contribution in [0, 0.1) is 5.82 Å². The highest BCUT2D eigenvalue weighted by Crippen LogP contribution is 2.40. The maximum atomic E-state index is 15.1. The van der Waals surface area contributed by atoms with E-state index in [9.17, 15) is 18.0 Å². The van der Waals surface area contributed by atoms with Crippen LogP contribution in [0.4, 0.5) is 17.6 Å². The number of aromatic nitrogens is 2. The van der Waals surface area contributed by atoms with Crippen molar-refractivity contribution in [2.75, 3.05) is 6.86 Å². The molecule has 1 aliphatic rings. The van der Waals surface area contributed by atoms with E-state index in [0.717, 1.165) is 25.4 Å². The number of Topliss-reactive ketones (excluding diaryl/α,β-unsaturated/α-hetero) is 1. The number of hydrogen-bond acceptors (Lipinski definition) is 7. The van der Waals surface area contributed by atoms with Crippen molar-refractivity contribution in [2.24, 2.45) is 10.7 Å². The summed E-state index contributed by atoms with van der Waals surface area (Å²) >= 11 is 0. The van der Waals surface area contributed by atoms with Crippen molar-refractivity contribution in [3.05, 3.63) is 53.2 Å². The number of ketones is 1. The molecule has 1 aliphatic heterocycles. The van der Waals surface area contributed by atoms with Gasteiger partial charge in [0.25, 0.3) is 6.02 Å². The minimum Gasteiger partial charge on any atom is -0.456 e. The van der Waals surface area contributed by atoms with Gasteiger partial charge in [-0.15, -0.1) is 0 Å². The van der Waals surface area contributed by atoms with Crippen molar-refractivity contribution in [2.45, 2.75) is 44.3 Å². The van der Waals surface area contributed by atoms with Crippen molar-refractivity contribution >= 4 is 11.8 Å². The smallest absolute Gasteiger partial charge is 0.283 e. The largest absolute Gasteiger partial charge is 0.456 e. The van der Waals surface area contributed by atoms with Crippen LogP contribution in [0.2, 0.25) is 0 Å². The molecule has 7 nitrogen and oxygen atoms in total. The molecule has 0 saturated heterocycles. The Bertz CT molecular complexity index is 987. The van der Waals surface area contributed by atoms with E-state index in [-0.39, 0.29) is 23.6 Å². The van der Waals surface area contributed by atoms with Gasteiger partial charge in [-0.05, 0) is 31.5 Å². The van der Waals surface area contributed by atoms with E-state index in [1.54, 1.807) is 0 Å². The summed E-state index contributed by atoms with van der Waals surface area (Å²) in [6.45, 7) is 1.29. The van der Waals surface area contributed by atoms with Gasteiger partial charge in [-0.1, -0.05) is 6.07 Å². The summed E-state index contributed by atoms with van der Waals surface area (Å²) in [7, 11) is 0. The number of ether oxygens (including phenoxy) is 2. The predicted octanol–water partition coefficient (Wildman–Crippen LogP) is 2.97. The number of carbonyl (C=O) groups excluding carboxylic acids is 1. The predicted molar refractivity (Wildman–Crippen MR) is 102 cm³/mol. The second-order valence-corrected chi connectivity index (χ2v) is 7.17. The third-order valence-corrected chi connectivity index (χ3v) is 4.93. The molecular formula is C20H20F4N4O3. The molecule has 1 aromatic heterocycles. The molecule has 0 radical (unpaired) electrons. The normalized spacial score (nSPS) is 24.1. The van der Waals surface area contributed by atoms with Gasteiger partial charge < -0.3 is 15.2 Å². The molecule has 2 N–H and O–H groups in total. The molecule has 166 valence electrons. The van der Waals surface area contributed by atoms with Crippen LogP contribution in [0.15, 0.2) is 35.6 Å². The van der Waals surface area contributed by atoms with Crippen LogP contribution in [-0.2, 0) is 16.7 Å². The van der Waals surface area contributed by atoms with Crippen molar-refractivity contribution in [1.82, 2.24) is 9.97 Å². The van der Waals surface area contributed by atoms with Gasteiger partial charge in [-0.25, -0.2) is 32.5 Å². The summed E-state index contributed by atoms with van der Waals surface area (Å²) in [5.74, 6) is -1.35. The molecule has 4 atom stereocenters. The summed E-state index contributed by atoms with van der Waals surface area (Å²) < 4.78 is 65.2. The van der Waals surface area contributed by atoms with Crippen molar-refractivity contribution < 1.29 is 31.8 Å². The second kappa shape index (κ2) is 8.86. The first kappa shape index (κ1) is 22.4. The van der Waals surface area contributed by atoms with E-state index in [1.165, 1.54) is 19.1 Å². The molecular weight excluding hydrogens is 420 g/mol. The Balaban J connectivity index is 1.89. The SMILES string of the molecule is C[C@H](F)[C@H]1OC(N)=N[C@](C)(c2cc(CC(=O)c3cnc(OCF)cn3)ccc2F)[C@H]1F. The van der Waals surface area contributed by atoms with E-state index in [0.29, 0.717) is 5.56 Å². The number of carbonyl (C=O) groups is 1. The van der Waals surface area contributed by atoms with Gasteiger partial charge in [0.05, 0.1) is 12.4 Å². The lowest BCUT2D eigenvalue weighted by Gasteiger charge is -2.39. The number of nitrogens with zero attached hydrogens (tertiary/aromatic N) is 3. The molecule has 0 spiro atoms. The highest BCUT2D eigenvalue weighted by molar-refractivity contribution is 5.95. The average molecular weight is 440 g/mol. The Labute approximate surface area is 175 Å². The number of amidine groups is 1. The van der Waals surface area contributed by atoms with E-state index < -0.39 is 48.5 Å². The van der Waals surface area contributed by atoms with Crippen LogP contribution in [0.25, 0.3) is 0 Å². The third-order valence-electron chi connectivity index (χ3n) is 4.93. The molecule has 0 unspecified atom stereocenters. The summed E-state index contributed by atoms with van der Waals surface area (Å²) in [4.78, 5) is 24.0. The zero-order chi connectivity index (χ0) is 22.8. The fourth-order valence-electron chi connectivity index (χ4n) is 3.31. The van der Waals surface area contributed by atoms with Gasteiger partial charge in [0.2, 0.25) is 12.7 Å². The summed E-state index contributed by atoms with van der Waals surface area (Å²) in [6.07, 6.45) is -3.32. The number of hydrogen-bond donors (Lipinski definition) is 1. The molecule has 2 heterocycles. The standard InChI is InChI=1S/C20H20F4N4O3/c1-10(22)17-18(24)20(2,28-19(25)31-17)12-5-11(3-4-13(12)23)6-15(29)14-7-27-16(8-26-14)30-9-21/h3-5,7-8,10,17-18H,6,9H2,1-2H3,(H2,25,28)/t10-,17+,18-,20+/m0/s1. The molecule has 0 saturated carbocycles. The van der Waals surface area contributed by atoms with Gasteiger partial charge in [-0.2, -0.15) is 0 Å². The molecule has 0 bridgehead atoms. The van der Waals surface area contributed by atoms with Crippen LogP contribution in [0.5, 0.6) is 5.88 Å². The highest BCUT2D eigenvalue weighted by atomic mass is 19.2. The molecule has 1 aromatic carbocycles. The number of benzene rings is 1. The number of alkyl halides is 3. The van der Waals surface area contributed by atoms with E-state index in [2.05, 4.69) is 19.7 Å². The number of nitrogens with two attached hydrogens (primary N) is 1. The van der Waals surface area contributed by atoms with Crippen molar-refractivity contribution in [1.29, 1.82) is 0 Å². The van der Waals surface area contributed by atoms with Gasteiger partial charge in [-0.3, -0.25) is 4.79 Å². The van der Waals surface area contributed by atoms with Crippen molar-refractivity contribution in [3.8, 4) is 5.88 Å². The van der Waals surface area contributed by atoms with Crippen LogP contribution in [0.1, 0.15) is 35.5 Å². The molecule has 2 aromatic rings. The lowest BCUT2D eigenvalue weighted by Crippen LogP contribution is -2.52. The number of halogens is 4. The Morgan fingerprint density at radius 1 is 1.35 bits per heavy atom. The van der Waals surface area contributed by atoms with Crippen molar-refractivity contribution in [3.63, 3.8) is 0 Å². The Morgan fingerprint density at radius 3 is 2.71 bits per heavy atom. The van der Waals surface area contributed by atoms with Gasteiger partial charge in [0.15, 0.2) is 18.1 Å². The van der Waals surface area contributed by atoms with E-state index in [1.807, 2.05) is 0 Å². The third kappa shape index (κ3) is 4.59. The fourth-order valence-corrected chi connectivity index (χ4v) is 3.31. The summed E-state index contributed by atoms with van der Waals surface area (Å²) in [6, 6.07) is 3.23. The topological polar surface area (TPSA) is 99.7 Å². The van der Waals surface area contributed by atoms with E-state index >= 15 is 4.39 Å². The zero-order valence-electron chi connectivity index (χ0n) is 16.7. The van der Waals surface area contributed by atoms with Gasteiger partial charge >= 0.3 is 0 Å². The fraction of sp³-hybridized carbons (Fsp3) is 0.400. The lowest BCUT2D eigenvalue weighted by molar-refractivity contribution is -0.0230. The van der Waals surface area contributed by atoms with Crippen LogP contribution < -0.4 is 10.5 Å². The maximum Gasteiger partial charge on any atom is 0.283 e. The Morgan fingerprint density at radius 2 is 2.10 bits per heavy atom. The van der Waals surface area contributed by atoms with Gasteiger partial charge in [0, 0.05) is 12.0 Å². The zero-order valence-corrected chi connectivity index (χ0v) is 16.7. The van der Waals surface area contributed by atoms with E-state index in [4.69, 9.17) is 10.5 Å². The minimum absolute atomic E-state index is 0.0219. The number of aliphatic imine (C=N–C) groups is 1. The molecule has 0 aliphatic carbocycles. The minimum atomic E-state index is -2.03. The molecule has 11 heteroatoms. The average Bonchev–Trinajstić information content (AvgIpc) is 2.72. The molecule has 0 fully saturated rings. The summed E-state index contributed by atoms with van der Waals surface area (Å²) in [5, 5.41) is 0. The molecule has 3 rings (SSSR count). The van der Waals surface area contributed by atoms with Crippen LogP contribution in [-0.4, -0.2) is 47.1 Å². The maximum absolute atomic E-state index is 15.1. The quantitative estimate of drug-likeness (QED) is 0.525. The lowest BCUT2D eigenvalue weighted by atomic mass is 9.82. The Kier molecular flexibility index (Phi) is 6.42. The molecule has 31 heavy (non-hydrogen) atoms. The first-order valence-electron chi connectivity index (χ1n) is 9.28. The second-order valence-electron chi connectivity index (χ2n) is 7.17. The molecule has 0 amide bonds.